The van der Waals surface area contributed by atoms with Gasteiger partial charge in [0, 0.05) is 28.2 Å². The van der Waals surface area contributed by atoms with Crippen LogP contribution < -0.4 is 5.43 Å². The van der Waals surface area contributed by atoms with Crippen molar-refractivity contribution in [3.05, 3.63) is 80.4 Å². The number of aromatic nitrogens is 1. The SMILES string of the molecule is CCn1c(-c2cccc(Cl)c2)cc(=O)c(C(=O)O)c1-c1cccc(Cl)c1. The predicted molar refractivity (Wildman–Crippen MR) is 104 cm³/mol. The van der Waals surface area contributed by atoms with Crippen molar-refractivity contribution in [2.75, 3.05) is 0 Å². The van der Waals surface area contributed by atoms with Crippen LogP contribution in [-0.2, 0) is 6.54 Å². The summed E-state index contributed by atoms with van der Waals surface area (Å²) in [5.74, 6) is -1.27. The fraction of sp³-hybridized carbons (Fsp3) is 0.100. The molecule has 0 spiro atoms. The second-order valence-corrected chi connectivity index (χ2v) is 6.56. The first-order valence-corrected chi connectivity index (χ1v) is 8.71. The molecule has 0 saturated heterocycles. The molecule has 6 heteroatoms. The highest BCUT2D eigenvalue weighted by molar-refractivity contribution is 6.31. The molecule has 3 aromatic rings. The molecule has 4 nitrogen and oxygen atoms in total. The first-order valence-electron chi connectivity index (χ1n) is 7.95. The van der Waals surface area contributed by atoms with E-state index in [0.717, 1.165) is 5.56 Å². The first-order chi connectivity index (χ1) is 12.4. The highest BCUT2D eigenvalue weighted by Crippen LogP contribution is 2.30. The molecular formula is C20H15Cl2NO3. The molecule has 0 bridgehead atoms. The lowest BCUT2D eigenvalue weighted by atomic mass is 10.0. The zero-order chi connectivity index (χ0) is 18.8. The lowest BCUT2D eigenvalue weighted by Crippen LogP contribution is -2.22. The zero-order valence-corrected chi connectivity index (χ0v) is 15.4. The van der Waals surface area contributed by atoms with Gasteiger partial charge in [0.2, 0.25) is 0 Å². The van der Waals surface area contributed by atoms with Gasteiger partial charge in [0.05, 0.1) is 11.4 Å². The van der Waals surface area contributed by atoms with Crippen molar-refractivity contribution in [3.63, 3.8) is 0 Å². The van der Waals surface area contributed by atoms with E-state index in [1.165, 1.54) is 6.07 Å². The third kappa shape index (κ3) is 3.39. The maximum atomic E-state index is 12.6. The minimum Gasteiger partial charge on any atom is -0.477 e. The lowest BCUT2D eigenvalue weighted by molar-refractivity contribution is 0.0695. The number of hydrogen-bond acceptors (Lipinski definition) is 2. The van der Waals surface area contributed by atoms with Crippen LogP contribution in [0.5, 0.6) is 0 Å². The Morgan fingerprint density at radius 1 is 1.00 bits per heavy atom. The van der Waals surface area contributed by atoms with Crippen LogP contribution >= 0.6 is 23.2 Å². The summed E-state index contributed by atoms with van der Waals surface area (Å²) >= 11 is 12.2. The van der Waals surface area contributed by atoms with Gasteiger partial charge in [0.1, 0.15) is 5.56 Å². The highest BCUT2D eigenvalue weighted by atomic mass is 35.5. The molecule has 0 aliphatic heterocycles. The van der Waals surface area contributed by atoms with Crippen LogP contribution in [0.4, 0.5) is 0 Å². The number of carbonyl (C=O) groups is 1. The number of pyridine rings is 1. The monoisotopic (exact) mass is 387 g/mol. The summed E-state index contributed by atoms with van der Waals surface area (Å²) in [6.45, 7) is 2.35. The Hall–Kier alpha value is -2.56. The molecule has 0 saturated carbocycles. The molecule has 0 radical (unpaired) electrons. The summed E-state index contributed by atoms with van der Waals surface area (Å²) in [7, 11) is 0. The molecule has 0 amide bonds. The van der Waals surface area contributed by atoms with Gasteiger partial charge in [0.25, 0.3) is 0 Å². The van der Waals surface area contributed by atoms with E-state index in [4.69, 9.17) is 23.2 Å². The average molecular weight is 388 g/mol. The lowest BCUT2D eigenvalue weighted by Gasteiger charge is -2.20. The fourth-order valence-corrected chi connectivity index (χ4v) is 3.39. The van der Waals surface area contributed by atoms with E-state index in [1.54, 1.807) is 47.0 Å². The van der Waals surface area contributed by atoms with Gasteiger partial charge in [-0.1, -0.05) is 47.5 Å². The van der Waals surface area contributed by atoms with Crippen molar-refractivity contribution in [1.82, 2.24) is 4.57 Å². The average Bonchev–Trinajstić information content (AvgIpc) is 2.60. The van der Waals surface area contributed by atoms with Crippen molar-refractivity contribution in [3.8, 4) is 22.5 Å². The second kappa shape index (κ2) is 7.36. The van der Waals surface area contributed by atoms with Crippen LogP contribution in [0, 0.1) is 0 Å². The number of rotatable bonds is 4. The molecule has 3 rings (SSSR count). The van der Waals surface area contributed by atoms with E-state index < -0.39 is 11.4 Å². The Bertz CT molecular complexity index is 1060. The molecule has 0 aliphatic rings. The van der Waals surface area contributed by atoms with Gasteiger partial charge in [-0.15, -0.1) is 0 Å². The van der Waals surface area contributed by atoms with Crippen LogP contribution in [0.3, 0.4) is 0 Å². The Labute approximate surface area is 160 Å². The summed E-state index contributed by atoms with van der Waals surface area (Å²) in [6, 6.07) is 15.2. The van der Waals surface area contributed by atoms with E-state index in [1.807, 2.05) is 13.0 Å². The topological polar surface area (TPSA) is 59.3 Å². The van der Waals surface area contributed by atoms with Crippen molar-refractivity contribution in [2.45, 2.75) is 13.5 Å². The molecule has 0 unspecified atom stereocenters. The number of nitrogens with zero attached hydrogens (tertiary/aromatic N) is 1. The number of aromatic carboxylic acids is 1. The molecule has 26 heavy (non-hydrogen) atoms. The van der Waals surface area contributed by atoms with Crippen molar-refractivity contribution in [2.24, 2.45) is 0 Å². The Kier molecular flexibility index (Phi) is 5.16. The highest BCUT2D eigenvalue weighted by Gasteiger charge is 2.22. The summed E-state index contributed by atoms with van der Waals surface area (Å²) in [4.78, 5) is 24.4. The largest absolute Gasteiger partial charge is 0.477 e. The van der Waals surface area contributed by atoms with Crippen LogP contribution in [0.25, 0.3) is 22.5 Å². The Morgan fingerprint density at radius 3 is 2.12 bits per heavy atom. The van der Waals surface area contributed by atoms with Gasteiger partial charge in [-0.05, 0) is 36.8 Å². The number of carboxylic acid groups (broad SMARTS) is 1. The molecule has 132 valence electrons. The predicted octanol–water partition coefficient (Wildman–Crippen LogP) is 5.21. The minimum absolute atomic E-state index is 0.278. The summed E-state index contributed by atoms with van der Waals surface area (Å²) in [5, 5.41) is 10.6. The number of hydrogen-bond donors (Lipinski definition) is 1. The van der Waals surface area contributed by atoms with E-state index >= 15 is 0 Å². The molecular weight excluding hydrogens is 373 g/mol. The molecule has 0 atom stereocenters. The van der Waals surface area contributed by atoms with Crippen molar-refractivity contribution < 1.29 is 9.90 Å². The first kappa shape index (κ1) is 18.2. The maximum Gasteiger partial charge on any atom is 0.341 e. The number of halogens is 2. The van der Waals surface area contributed by atoms with Crippen LogP contribution in [-0.4, -0.2) is 15.6 Å². The second-order valence-electron chi connectivity index (χ2n) is 5.69. The zero-order valence-electron chi connectivity index (χ0n) is 13.9. The molecule has 0 fully saturated rings. The summed E-state index contributed by atoms with van der Waals surface area (Å²) < 4.78 is 1.79. The smallest absolute Gasteiger partial charge is 0.341 e. The molecule has 1 heterocycles. The van der Waals surface area contributed by atoms with E-state index in [-0.39, 0.29) is 5.56 Å². The minimum atomic E-state index is -1.27. The van der Waals surface area contributed by atoms with Crippen LogP contribution in [0.1, 0.15) is 17.3 Å². The Balaban J connectivity index is 2.43. The molecule has 1 aromatic heterocycles. The quantitative estimate of drug-likeness (QED) is 0.668. The third-order valence-electron chi connectivity index (χ3n) is 4.06. The van der Waals surface area contributed by atoms with E-state index in [9.17, 15) is 14.7 Å². The van der Waals surface area contributed by atoms with Crippen LogP contribution in [0.2, 0.25) is 10.0 Å². The van der Waals surface area contributed by atoms with E-state index in [2.05, 4.69) is 0 Å². The van der Waals surface area contributed by atoms with Gasteiger partial charge in [0.15, 0.2) is 5.43 Å². The standard InChI is InChI=1S/C20H15Cl2NO3/c1-2-23-16(12-5-3-7-14(21)9-12)11-17(24)18(20(25)26)19(23)13-6-4-8-15(22)10-13/h3-11H,2H2,1H3,(H,25,26). The normalized spacial score (nSPS) is 10.7. The van der Waals surface area contributed by atoms with Crippen LogP contribution in [0.15, 0.2) is 59.4 Å². The van der Waals surface area contributed by atoms with Gasteiger partial charge < -0.3 is 9.67 Å². The van der Waals surface area contributed by atoms with Gasteiger partial charge in [-0.2, -0.15) is 0 Å². The van der Waals surface area contributed by atoms with Gasteiger partial charge in [-0.25, -0.2) is 4.79 Å². The fourth-order valence-electron chi connectivity index (χ4n) is 3.00. The van der Waals surface area contributed by atoms with Crippen molar-refractivity contribution >= 4 is 29.2 Å². The summed E-state index contributed by atoms with van der Waals surface area (Å²) in [6.07, 6.45) is 0. The van der Waals surface area contributed by atoms with Gasteiger partial charge >= 0.3 is 5.97 Å². The van der Waals surface area contributed by atoms with Crippen molar-refractivity contribution in [1.29, 1.82) is 0 Å². The molecule has 1 N–H and O–H groups in total. The molecule has 0 aliphatic carbocycles. The third-order valence-corrected chi connectivity index (χ3v) is 4.53. The maximum absolute atomic E-state index is 12.6. The number of carboxylic acids is 1. The Morgan fingerprint density at radius 2 is 1.58 bits per heavy atom. The van der Waals surface area contributed by atoms with E-state index in [0.29, 0.717) is 33.5 Å². The summed E-state index contributed by atoms with van der Waals surface area (Å²) in [5.41, 5.74) is 1.38. The molecule has 2 aromatic carbocycles. The number of benzene rings is 2. The van der Waals surface area contributed by atoms with Gasteiger partial charge in [-0.3, -0.25) is 4.79 Å².